The fraction of sp³-hybridized carbons (Fsp3) is 0.867. The van der Waals surface area contributed by atoms with E-state index in [-0.39, 0.29) is 23.7 Å². The van der Waals surface area contributed by atoms with Crippen LogP contribution in [0.4, 0.5) is 0 Å². The molecule has 1 saturated carbocycles. The van der Waals surface area contributed by atoms with Gasteiger partial charge in [0.25, 0.3) is 0 Å². The van der Waals surface area contributed by atoms with Crippen molar-refractivity contribution in [2.24, 2.45) is 17.8 Å². The highest BCUT2D eigenvalue weighted by molar-refractivity contribution is 6.05. The quantitative estimate of drug-likeness (QED) is 0.784. The third-order valence-electron chi connectivity index (χ3n) is 5.27. The summed E-state index contributed by atoms with van der Waals surface area (Å²) in [6.07, 6.45) is 6.29. The summed E-state index contributed by atoms with van der Waals surface area (Å²) in [6.45, 7) is 3.86. The largest absolute Gasteiger partial charge is 0.314 e. The van der Waals surface area contributed by atoms with Crippen molar-refractivity contribution >= 4 is 11.8 Å². The topological polar surface area (TPSA) is 49.4 Å². The highest BCUT2D eigenvalue weighted by atomic mass is 16.2. The van der Waals surface area contributed by atoms with Gasteiger partial charge in [0.2, 0.25) is 11.8 Å². The Morgan fingerprint density at radius 2 is 1.89 bits per heavy atom. The van der Waals surface area contributed by atoms with E-state index in [1.54, 1.807) is 4.90 Å². The van der Waals surface area contributed by atoms with Crippen LogP contribution in [0.25, 0.3) is 0 Å². The normalized spacial score (nSPS) is 38.3. The first-order chi connectivity index (χ1) is 9.20. The molecule has 3 atom stereocenters. The van der Waals surface area contributed by atoms with Crippen LogP contribution in [0.3, 0.4) is 0 Å². The number of rotatable bonds is 4. The molecule has 1 aliphatic carbocycles. The number of amides is 2. The first-order valence-electron chi connectivity index (χ1n) is 7.79. The minimum Gasteiger partial charge on any atom is -0.314 e. The second kappa shape index (κ2) is 5.23. The zero-order valence-electron chi connectivity index (χ0n) is 11.7. The lowest BCUT2D eigenvalue weighted by Gasteiger charge is -2.19. The highest BCUT2D eigenvalue weighted by Gasteiger charge is 2.51. The molecule has 2 aliphatic heterocycles. The van der Waals surface area contributed by atoms with Gasteiger partial charge < -0.3 is 5.32 Å². The Kier molecular flexibility index (Phi) is 3.61. The molecule has 106 valence electrons. The van der Waals surface area contributed by atoms with E-state index in [1.807, 2.05) is 0 Å². The Morgan fingerprint density at radius 3 is 2.42 bits per heavy atom. The molecular formula is C15H24N2O2. The van der Waals surface area contributed by atoms with Crippen molar-refractivity contribution in [3.8, 4) is 0 Å². The molecule has 0 aromatic heterocycles. The molecule has 0 spiro atoms. The third kappa shape index (κ3) is 2.31. The lowest BCUT2D eigenvalue weighted by atomic mass is 10.00. The maximum Gasteiger partial charge on any atom is 0.233 e. The van der Waals surface area contributed by atoms with E-state index < -0.39 is 0 Å². The third-order valence-corrected chi connectivity index (χ3v) is 5.27. The number of nitrogens with zero attached hydrogens (tertiary/aromatic N) is 1. The number of imide groups is 1. The van der Waals surface area contributed by atoms with E-state index >= 15 is 0 Å². The maximum atomic E-state index is 12.3. The predicted molar refractivity (Wildman–Crippen MR) is 72.4 cm³/mol. The van der Waals surface area contributed by atoms with Gasteiger partial charge in [0.05, 0.1) is 11.8 Å². The van der Waals surface area contributed by atoms with Gasteiger partial charge >= 0.3 is 0 Å². The summed E-state index contributed by atoms with van der Waals surface area (Å²) < 4.78 is 0. The van der Waals surface area contributed by atoms with Gasteiger partial charge in [0.15, 0.2) is 0 Å². The number of nitrogens with one attached hydrogen (secondary N) is 1. The van der Waals surface area contributed by atoms with Crippen molar-refractivity contribution in [3.63, 3.8) is 0 Å². The Hall–Kier alpha value is -0.900. The zero-order chi connectivity index (χ0) is 13.4. The van der Waals surface area contributed by atoms with E-state index in [1.165, 1.54) is 12.8 Å². The minimum atomic E-state index is 0.00832. The molecule has 3 fully saturated rings. The minimum absolute atomic E-state index is 0.00832. The molecule has 1 N–H and O–H groups in total. The van der Waals surface area contributed by atoms with Crippen LogP contribution >= 0.6 is 0 Å². The van der Waals surface area contributed by atoms with E-state index in [4.69, 9.17) is 0 Å². The number of likely N-dealkylation sites (tertiary alicyclic amines) is 1. The van der Waals surface area contributed by atoms with Crippen LogP contribution in [0.5, 0.6) is 0 Å². The molecule has 4 heteroatoms. The molecule has 3 rings (SSSR count). The van der Waals surface area contributed by atoms with Crippen LogP contribution in [0.2, 0.25) is 0 Å². The second-order valence-electron chi connectivity index (χ2n) is 6.37. The molecule has 0 radical (unpaired) electrons. The predicted octanol–water partition coefficient (Wildman–Crippen LogP) is 1.55. The molecule has 4 nitrogen and oxygen atoms in total. The van der Waals surface area contributed by atoms with Gasteiger partial charge in [0.1, 0.15) is 0 Å². The summed E-state index contributed by atoms with van der Waals surface area (Å²) in [5.41, 5.74) is 0. The van der Waals surface area contributed by atoms with Gasteiger partial charge in [-0.1, -0.05) is 13.3 Å². The Morgan fingerprint density at radius 1 is 1.21 bits per heavy atom. The number of carbonyl (C=O) groups excluding carboxylic acids is 2. The highest BCUT2D eigenvalue weighted by Crippen LogP contribution is 2.44. The van der Waals surface area contributed by atoms with Crippen LogP contribution in [-0.2, 0) is 9.59 Å². The maximum absolute atomic E-state index is 12.3. The fourth-order valence-corrected chi connectivity index (χ4v) is 4.04. The molecule has 2 heterocycles. The van der Waals surface area contributed by atoms with E-state index in [0.29, 0.717) is 18.5 Å². The Balaban J connectivity index is 1.59. The summed E-state index contributed by atoms with van der Waals surface area (Å²) in [5, 5.41) is 3.43. The lowest BCUT2D eigenvalue weighted by molar-refractivity contribution is -0.140. The van der Waals surface area contributed by atoms with E-state index in [9.17, 15) is 9.59 Å². The summed E-state index contributed by atoms with van der Waals surface area (Å²) in [5.74, 6) is 0.831. The lowest BCUT2D eigenvalue weighted by Crippen LogP contribution is -2.36. The van der Waals surface area contributed by atoms with Gasteiger partial charge in [-0.3, -0.25) is 14.5 Å². The standard InChI is InChI=1S/C15H24N2O2/c1-2-10-8-12-13(9-10)15(19)17(14(12)18)7-5-11-4-3-6-16-11/h10-13,16H,2-9H2,1H3. The molecule has 19 heavy (non-hydrogen) atoms. The van der Waals surface area contributed by atoms with Crippen molar-refractivity contribution in [1.29, 1.82) is 0 Å². The van der Waals surface area contributed by atoms with E-state index in [2.05, 4.69) is 12.2 Å². The van der Waals surface area contributed by atoms with E-state index in [0.717, 1.165) is 32.2 Å². The molecule has 0 aromatic rings. The van der Waals surface area contributed by atoms with Crippen molar-refractivity contribution in [2.75, 3.05) is 13.1 Å². The van der Waals surface area contributed by atoms with Crippen LogP contribution < -0.4 is 5.32 Å². The van der Waals surface area contributed by atoms with Gasteiger partial charge in [-0.25, -0.2) is 0 Å². The molecule has 0 bridgehead atoms. The van der Waals surface area contributed by atoms with Gasteiger partial charge in [0, 0.05) is 12.6 Å². The van der Waals surface area contributed by atoms with Crippen molar-refractivity contribution in [1.82, 2.24) is 10.2 Å². The second-order valence-corrected chi connectivity index (χ2v) is 6.37. The van der Waals surface area contributed by atoms with Crippen molar-refractivity contribution in [2.45, 2.75) is 51.5 Å². The summed E-state index contributed by atoms with van der Waals surface area (Å²) in [6, 6.07) is 0.504. The first kappa shape index (κ1) is 13.1. The first-order valence-corrected chi connectivity index (χ1v) is 7.79. The molecule has 2 saturated heterocycles. The van der Waals surface area contributed by atoms with Crippen LogP contribution in [0.15, 0.2) is 0 Å². The summed E-state index contributed by atoms with van der Waals surface area (Å²) in [4.78, 5) is 26.3. The fourth-order valence-electron chi connectivity index (χ4n) is 4.04. The summed E-state index contributed by atoms with van der Waals surface area (Å²) >= 11 is 0. The molecule has 2 amide bonds. The Bertz CT molecular complexity index is 352. The molecule has 3 unspecified atom stereocenters. The van der Waals surface area contributed by atoms with Crippen molar-refractivity contribution in [3.05, 3.63) is 0 Å². The molecule has 0 aromatic carbocycles. The number of hydrogen-bond acceptors (Lipinski definition) is 3. The van der Waals surface area contributed by atoms with Gasteiger partial charge in [-0.05, 0) is 44.6 Å². The average molecular weight is 264 g/mol. The molecule has 3 aliphatic rings. The van der Waals surface area contributed by atoms with Crippen LogP contribution in [-0.4, -0.2) is 35.8 Å². The number of hydrogen-bond donors (Lipinski definition) is 1. The average Bonchev–Trinajstić information content (AvgIpc) is 3.10. The smallest absolute Gasteiger partial charge is 0.233 e. The van der Waals surface area contributed by atoms with Gasteiger partial charge in [-0.2, -0.15) is 0 Å². The monoisotopic (exact) mass is 264 g/mol. The van der Waals surface area contributed by atoms with Crippen LogP contribution in [0.1, 0.15) is 45.4 Å². The zero-order valence-corrected chi connectivity index (χ0v) is 11.7. The Labute approximate surface area is 114 Å². The van der Waals surface area contributed by atoms with Gasteiger partial charge in [-0.15, -0.1) is 0 Å². The van der Waals surface area contributed by atoms with Crippen LogP contribution in [0, 0.1) is 17.8 Å². The summed E-state index contributed by atoms with van der Waals surface area (Å²) in [7, 11) is 0. The SMILES string of the molecule is CCC1CC2C(=O)N(CCC3CCCN3)C(=O)C2C1. The molecular weight excluding hydrogens is 240 g/mol. The van der Waals surface area contributed by atoms with Crippen molar-refractivity contribution < 1.29 is 9.59 Å². The number of fused-ring (bicyclic) bond motifs is 1. The number of carbonyl (C=O) groups is 2.